The number of rotatable bonds is 5. The van der Waals surface area contributed by atoms with Gasteiger partial charge in [-0.1, -0.05) is 12.1 Å². The van der Waals surface area contributed by atoms with Crippen LogP contribution in [0.5, 0.6) is 0 Å². The minimum Gasteiger partial charge on any atom is -0.355 e. The monoisotopic (exact) mass is 304 g/mol. The van der Waals surface area contributed by atoms with Crippen molar-refractivity contribution < 1.29 is 19.2 Å². The van der Waals surface area contributed by atoms with Gasteiger partial charge in [0.25, 0.3) is 11.8 Å². The predicted molar refractivity (Wildman–Crippen MR) is 81.7 cm³/mol. The Labute approximate surface area is 129 Å². The summed E-state index contributed by atoms with van der Waals surface area (Å²) < 4.78 is 5.34. The maximum absolute atomic E-state index is 11.6. The molecule has 1 aromatic carbocycles. The van der Waals surface area contributed by atoms with E-state index in [9.17, 15) is 9.59 Å². The Morgan fingerprint density at radius 1 is 1.27 bits per heavy atom. The van der Waals surface area contributed by atoms with Crippen LogP contribution in [0.15, 0.2) is 30.3 Å². The normalized spacial score (nSPS) is 18.1. The number of carbonyl (C=O) groups excluding carboxylic acids is 2. The van der Waals surface area contributed by atoms with Crippen LogP contribution >= 0.6 is 0 Å². The lowest BCUT2D eigenvalue weighted by atomic mass is 10.1. The van der Waals surface area contributed by atoms with Crippen LogP contribution in [0.2, 0.25) is 0 Å². The molecule has 0 spiro atoms. The summed E-state index contributed by atoms with van der Waals surface area (Å²) in [7, 11) is 1.58. The van der Waals surface area contributed by atoms with Gasteiger partial charge in [-0.2, -0.15) is 0 Å². The third-order valence-electron chi connectivity index (χ3n) is 3.26. The minimum atomic E-state index is -0.363. The van der Waals surface area contributed by atoms with E-state index < -0.39 is 0 Å². The topological polar surface area (TPSA) is 76.7 Å². The van der Waals surface area contributed by atoms with E-state index in [1.54, 1.807) is 37.4 Å². The van der Waals surface area contributed by atoms with Gasteiger partial charge in [0.05, 0.1) is 0 Å². The van der Waals surface area contributed by atoms with Crippen molar-refractivity contribution in [3.8, 4) is 0 Å². The summed E-state index contributed by atoms with van der Waals surface area (Å²) in [4.78, 5) is 28.2. The van der Waals surface area contributed by atoms with Gasteiger partial charge in [-0.3, -0.25) is 9.59 Å². The Morgan fingerprint density at radius 2 is 2.05 bits per heavy atom. The molecule has 2 N–H and O–H groups in total. The predicted octanol–water partition coefficient (Wildman–Crippen LogP) is 1.63. The number of nitrogens with one attached hydrogen (secondary N) is 2. The van der Waals surface area contributed by atoms with Crippen molar-refractivity contribution in [3.05, 3.63) is 41.5 Å². The largest absolute Gasteiger partial charge is 0.355 e. The smallest absolute Gasteiger partial charge is 0.267 e. The van der Waals surface area contributed by atoms with E-state index in [0.29, 0.717) is 12.2 Å². The number of benzene rings is 1. The standard InChI is InChI=1S/C16H20N2O4/c1-17-16(20)13-8-5-12(6-9-13)7-10-14(19)18-22-15-4-2-3-11-21-15/h5-10,15H,2-4,11H2,1H3,(H,17,20)(H,18,19)/b10-7+/t15-/m0/s1. The second kappa shape index (κ2) is 8.31. The molecule has 22 heavy (non-hydrogen) atoms. The number of hydrogen-bond donors (Lipinski definition) is 2. The molecule has 118 valence electrons. The van der Waals surface area contributed by atoms with Crippen LogP contribution in [0.25, 0.3) is 6.08 Å². The average molecular weight is 304 g/mol. The molecule has 6 heteroatoms. The Balaban J connectivity index is 1.80. The first-order valence-electron chi connectivity index (χ1n) is 7.26. The number of ether oxygens (including phenoxy) is 1. The van der Waals surface area contributed by atoms with Crippen molar-refractivity contribution in [1.29, 1.82) is 0 Å². The van der Waals surface area contributed by atoms with E-state index in [1.165, 1.54) is 6.08 Å². The van der Waals surface area contributed by atoms with Crippen LogP contribution < -0.4 is 10.8 Å². The molecule has 0 radical (unpaired) electrons. The SMILES string of the molecule is CNC(=O)c1ccc(/C=C/C(=O)NO[C@H]2CCCCO2)cc1. The number of hydrogen-bond acceptors (Lipinski definition) is 4. The second-order valence-electron chi connectivity index (χ2n) is 4.91. The highest BCUT2D eigenvalue weighted by molar-refractivity contribution is 5.94. The zero-order chi connectivity index (χ0) is 15.8. The van der Waals surface area contributed by atoms with Gasteiger partial charge in [0.1, 0.15) is 0 Å². The molecule has 0 bridgehead atoms. The molecule has 6 nitrogen and oxygen atoms in total. The van der Waals surface area contributed by atoms with E-state index in [4.69, 9.17) is 9.57 Å². The highest BCUT2D eigenvalue weighted by atomic mass is 16.8. The molecule has 2 amide bonds. The first-order chi connectivity index (χ1) is 10.7. The molecule has 1 heterocycles. The molecule has 0 aliphatic carbocycles. The summed E-state index contributed by atoms with van der Waals surface area (Å²) in [5.74, 6) is -0.501. The summed E-state index contributed by atoms with van der Waals surface area (Å²) in [6, 6.07) is 6.92. The molecular weight excluding hydrogens is 284 g/mol. The van der Waals surface area contributed by atoms with Crippen molar-refractivity contribution >= 4 is 17.9 Å². The minimum absolute atomic E-state index is 0.144. The highest BCUT2D eigenvalue weighted by Crippen LogP contribution is 2.12. The molecule has 1 aliphatic rings. The second-order valence-corrected chi connectivity index (χ2v) is 4.91. The highest BCUT2D eigenvalue weighted by Gasteiger charge is 2.14. The summed E-state index contributed by atoms with van der Waals surface area (Å²) in [6.45, 7) is 0.661. The molecular formula is C16H20N2O4. The van der Waals surface area contributed by atoms with Crippen LogP contribution in [-0.4, -0.2) is 31.8 Å². The molecule has 0 unspecified atom stereocenters. The van der Waals surface area contributed by atoms with E-state index in [-0.39, 0.29) is 18.1 Å². The summed E-state index contributed by atoms with van der Waals surface area (Å²) in [5.41, 5.74) is 3.73. The summed E-state index contributed by atoms with van der Waals surface area (Å²) in [6.07, 6.45) is 5.50. The van der Waals surface area contributed by atoms with E-state index in [1.807, 2.05) is 0 Å². The molecule has 1 aliphatic heterocycles. The molecule has 1 aromatic rings. The van der Waals surface area contributed by atoms with Crippen molar-refractivity contribution in [3.63, 3.8) is 0 Å². The van der Waals surface area contributed by atoms with Gasteiger partial charge < -0.3 is 10.1 Å². The third-order valence-corrected chi connectivity index (χ3v) is 3.26. The average Bonchev–Trinajstić information content (AvgIpc) is 2.58. The maximum Gasteiger partial charge on any atom is 0.267 e. The molecule has 1 saturated heterocycles. The van der Waals surface area contributed by atoms with Crippen molar-refractivity contribution in [1.82, 2.24) is 10.8 Å². The van der Waals surface area contributed by atoms with Crippen LogP contribution in [-0.2, 0) is 14.4 Å². The molecule has 2 rings (SSSR count). The van der Waals surface area contributed by atoms with Crippen molar-refractivity contribution in [2.45, 2.75) is 25.6 Å². The lowest BCUT2D eigenvalue weighted by Gasteiger charge is -2.21. The van der Waals surface area contributed by atoms with Gasteiger partial charge in [-0.15, -0.1) is 0 Å². The summed E-state index contributed by atoms with van der Waals surface area (Å²) >= 11 is 0. The number of hydroxylamine groups is 1. The Morgan fingerprint density at radius 3 is 2.68 bits per heavy atom. The Hall–Kier alpha value is -2.18. The number of carbonyl (C=O) groups is 2. The van der Waals surface area contributed by atoms with Crippen LogP contribution in [0.4, 0.5) is 0 Å². The first-order valence-corrected chi connectivity index (χ1v) is 7.26. The molecule has 0 aromatic heterocycles. The Kier molecular flexibility index (Phi) is 6.12. The van der Waals surface area contributed by atoms with Gasteiger partial charge >= 0.3 is 0 Å². The van der Waals surface area contributed by atoms with Gasteiger partial charge in [0.15, 0.2) is 6.29 Å². The lowest BCUT2D eigenvalue weighted by Crippen LogP contribution is -2.32. The van der Waals surface area contributed by atoms with Gasteiger partial charge in [0.2, 0.25) is 0 Å². The van der Waals surface area contributed by atoms with E-state index in [2.05, 4.69) is 10.8 Å². The fraction of sp³-hybridized carbons (Fsp3) is 0.375. The lowest BCUT2D eigenvalue weighted by molar-refractivity contribution is -0.198. The van der Waals surface area contributed by atoms with Crippen molar-refractivity contribution in [2.24, 2.45) is 0 Å². The molecule has 0 saturated carbocycles. The maximum atomic E-state index is 11.6. The Bertz CT molecular complexity index is 534. The molecule has 1 atom stereocenters. The van der Waals surface area contributed by atoms with Gasteiger partial charge in [-0.05, 0) is 36.6 Å². The number of amides is 2. The van der Waals surface area contributed by atoms with Gasteiger partial charge in [0, 0.05) is 31.7 Å². The summed E-state index contributed by atoms with van der Waals surface area (Å²) in [5, 5.41) is 2.55. The van der Waals surface area contributed by atoms with Crippen LogP contribution in [0.3, 0.4) is 0 Å². The van der Waals surface area contributed by atoms with Crippen molar-refractivity contribution in [2.75, 3.05) is 13.7 Å². The fourth-order valence-electron chi connectivity index (χ4n) is 2.02. The van der Waals surface area contributed by atoms with Gasteiger partial charge in [-0.25, -0.2) is 10.3 Å². The third kappa shape index (κ3) is 4.98. The van der Waals surface area contributed by atoms with Crippen LogP contribution in [0, 0.1) is 0 Å². The van der Waals surface area contributed by atoms with E-state index in [0.717, 1.165) is 24.8 Å². The quantitative estimate of drug-likeness (QED) is 0.640. The zero-order valence-corrected chi connectivity index (χ0v) is 12.5. The van der Waals surface area contributed by atoms with E-state index >= 15 is 0 Å². The fourth-order valence-corrected chi connectivity index (χ4v) is 2.02. The van der Waals surface area contributed by atoms with Crippen LogP contribution in [0.1, 0.15) is 35.2 Å². The first kappa shape index (κ1) is 16.2. The molecule has 1 fully saturated rings. The zero-order valence-electron chi connectivity index (χ0n) is 12.5.